The van der Waals surface area contributed by atoms with E-state index in [1.165, 1.54) is 4.31 Å². The topological polar surface area (TPSA) is 42.3 Å². The summed E-state index contributed by atoms with van der Waals surface area (Å²) in [4.78, 5) is 0.206. The Kier molecular flexibility index (Phi) is 4.27. The van der Waals surface area contributed by atoms with E-state index in [9.17, 15) is 8.42 Å². The van der Waals surface area contributed by atoms with Crippen LogP contribution in [0.3, 0.4) is 0 Å². The number of fused-ring (bicyclic) bond motifs is 1. The van der Waals surface area contributed by atoms with Gasteiger partial charge in [0.15, 0.2) is 0 Å². The molecule has 0 aliphatic heterocycles. The summed E-state index contributed by atoms with van der Waals surface area (Å²) in [5, 5.41) is 0.790. The van der Waals surface area contributed by atoms with Gasteiger partial charge >= 0.3 is 0 Å². The van der Waals surface area contributed by atoms with Crippen LogP contribution < -0.4 is 0 Å². The molecular weight excluding hydrogens is 292 g/mol. The van der Waals surface area contributed by atoms with Gasteiger partial charge in [0.05, 0.1) is 4.51 Å². The molecule has 0 atom stereocenters. The van der Waals surface area contributed by atoms with E-state index >= 15 is 0 Å². The number of benzene rings is 1. The fraction of sp³-hybridized carbons (Fsp3) is 0.357. The van der Waals surface area contributed by atoms with Gasteiger partial charge in [-0.3, -0.25) is 0 Å². The number of pyridine rings is 1. The predicted molar refractivity (Wildman–Crippen MR) is 83.9 cm³/mol. The van der Waals surface area contributed by atoms with Crippen molar-refractivity contribution in [3.8, 4) is 0 Å². The smallest absolute Gasteiger partial charge is 0.245 e. The number of hydrogen-bond acceptors (Lipinski definition) is 3. The molecule has 0 bridgehead atoms. The van der Waals surface area contributed by atoms with Crippen LogP contribution in [0.1, 0.15) is 13.8 Å². The van der Waals surface area contributed by atoms with Crippen molar-refractivity contribution >= 4 is 33.1 Å². The van der Waals surface area contributed by atoms with Crippen molar-refractivity contribution in [2.75, 3.05) is 13.1 Å². The molecule has 0 aliphatic carbocycles. The molecule has 6 heteroatoms. The molecule has 1 aromatic heterocycles. The molecule has 0 fully saturated rings. The molecular formula is C14H18N2O2S2. The summed E-state index contributed by atoms with van der Waals surface area (Å²) in [6, 6.07) is 7.57. The average Bonchev–Trinajstić information content (AvgIpc) is 2.43. The average molecular weight is 310 g/mol. The Hall–Kier alpha value is -1.24. The monoisotopic (exact) mass is 310 g/mol. The molecule has 0 N–H and O–H groups in total. The summed E-state index contributed by atoms with van der Waals surface area (Å²) >= 11 is 5.40. The van der Waals surface area contributed by atoms with E-state index in [0.717, 1.165) is 10.9 Å². The second-order valence-electron chi connectivity index (χ2n) is 4.54. The summed E-state index contributed by atoms with van der Waals surface area (Å²) in [6.07, 6.45) is 1.61. The first-order valence-corrected chi connectivity index (χ1v) is 8.36. The van der Waals surface area contributed by atoms with E-state index in [1.54, 1.807) is 6.20 Å². The first-order valence-electron chi connectivity index (χ1n) is 6.52. The van der Waals surface area contributed by atoms with E-state index in [4.69, 9.17) is 12.2 Å². The zero-order valence-corrected chi connectivity index (χ0v) is 13.5. The van der Waals surface area contributed by atoms with Gasteiger partial charge in [0.1, 0.15) is 4.90 Å². The van der Waals surface area contributed by atoms with Crippen LogP contribution in [0, 0.1) is 4.51 Å². The number of rotatable bonds is 4. The minimum atomic E-state index is -3.54. The highest BCUT2D eigenvalue weighted by Gasteiger charge is 2.24. The third-order valence-corrected chi connectivity index (χ3v) is 6.02. The molecule has 108 valence electrons. The highest BCUT2D eigenvalue weighted by molar-refractivity contribution is 7.89. The van der Waals surface area contributed by atoms with Crippen molar-refractivity contribution in [3.63, 3.8) is 0 Å². The lowest BCUT2D eigenvalue weighted by Crippen LogP contribution is -2.31. The van der Waals surface area contributed by atoms with Crippen molar-refractivity contribution < 1.29 is 8.42 Å². The number of aromatic nitrogens is 1. The van der Waals surface area contributed by atoms with Gasteiger partial charge in [0.2, 0.25) is 10.0 Å². The minimum absolute atomic E-state index is 0.206. The van der Waals surface area contributed by atoms with Crippen molar-refractivity contribution in [1.82, 2.24) is 8.87 Å². The Morgan fingerprint density at radius 3 is 2.40 bits per heavy atom. The van der Waals surface area contributed by atoms with E-state index in [1.807, 2.05) is 49.7 Å². The number of sulfonamides is 1. The van der Waals surface area contributed by atoms with Crippen molar-refractivity contribution in [2.24, 2.45) is 7.05 Å². The molecule has 1 aromatic carbocycles. The predicted octanol–water partition coefficient (Wildman–Crippen LogP) is 2.94. The van der Waals surface area contributed by atoms with Gasteiger partial charge in [0.25, 0.3) is 0 Å². The molecule has 4 nitrogen and oxygen atoms in total. The number of hydrogen-bond donors (Lipinski definition) is 0. The lowest BCUT2D eigenvalue weighted by Gasteiger charge is -2.19. The van der Waals surface area contributed by atoms with E-state index < -0.39 is 10.0 Å². The van der Waals surface area contributed by atoms with Crippen LogP contribution in [0.2, 0.25) is 0 Å². The van der Waals surface area contributed by atoms with Crippen LogP contribution in [-0.2, 0) is 17.1 Å². The maximum atomic E-state index is 12.7. The molecule has 0 unspecified atom stereocenters. The third-order valence-electron chi connectivity index (χ3n) is 3.39. The van der Waals surface area contributed by atoms with E-state index in [0.29, 0.717) is 17.6 Å². The SMILES string of the molecule is CCN(CC)S(=O)(=O)c1cn(C)c2ccccc2c1=S. The second kappa shape index (κ2) is 5.63. The zero-order valence-electron chi connectivity index (χ0n) is 11.8. The standard InChI is InChI=1S/C14H18N2O2S2/c1-4-16(5-2)20(17,18)13-10-15(3)12-9-7-6-8-11(12)14(13)19/h6-10H,4-5H2,1-3H3. The van der Waals surface area contributed by atoms with Crippen LogP contribution in [0.5, 0.6) is 0 Å². The minimum Gasteiger partial charge on any atom is -0.349 e. The molecule has 0 spiro atoms. The molecule has 0 saturated heterocycles. The zero-order chi connectivity index (χ0) is 14.9. The van der Waals surface area contributed by atoms with Crippen molar-refractivity contribution in [2.45, 2.75) is 18.7 Å². The Bertz CT molecular complexity index is 790. The summed E-state index contributed by atoms with van der Waals surface area (Å²) in [7, 11) is -1.71. The quantitative estimate of drug-likeness (QED) is 0.815. The molecule has 1 heterocycles. The van der Waals surface area contributed by atoms with Gasteiger partial charge in [-0.1, -0.05) is 44.3 Å². The Balaban J connectivity index is 2.80. The second-order valence-corrected chi connectivity index (χ2v) is 6.85. The summed E-state index contributed by atoms with van der Waals surface area (Å²) in [5.74, 6) is 0. The van der Waals surface area contributed by atoms with E-state index in [-0.39, 0.29) is 4.90 Å². The van der Waals surface area contributed by atoms with Gasteiger partial charge in [-0.05, 0) is 6.07 Å². The van der Waals surface area contributed by atoms with Crippen LogP contribution in [-0.4, -0.2) is 30.4 Å². The molecule has 2 aromatic rings. The molecule has 0 aliphatic rings. The van der Waals surface area contributed by atoms with Crippen LogP contribution in [0.15, 0.2) is 35.4 Å². The number of nitrogens with zero attached hydrogens (tertiary/aromatic N) is 2. The molecule has 0 radical (unpaired) electrons. The van der Waals surface area contributed by atoms with Gasteiger partial charge in [-0.25, -0.2) is 8.42 Å². The first-order chi connectivity index (χ1) is 9.43. The highest BCUT2D eigenvalue weighted by Crippen LogP contribution is 2.24. The lowest BCUT2D eigenvalue weighted by atomic mass is 10.2. The molecule has 0 saturated carbocycles. The fourth-order valence-electron chi connectivity index (χ4n) is 2.30. The van der Waals surface area contributed by atoms with Crippen molar-refractivity contribution in [1.29, 1.82) is 0 Å². The normalized spacial score (nSPS) is 12.2. The van der Waals surface area contributed by atoms with Gasteiger partial charge in [-0.2, -0.15) is 4.31 Å². The van der Waals surface area contributed by atoms with E-state index in [2.05, 4.69) is 0 Å². The molecule has 2 rings (SSSR count). The number of para-hydroxylation sites is 1. The highest BCUT2D eigenvalue weighted by atomic mass is 32.2. The molecule has 20 heavy (non-hydrogen) atoms. The number of aryl methyl sites for hydroxylation is 1. The summed E-state index contributed by atoms with van der Waals surface area (Å²) in [6.45, 7) is 4.52. The maximum Gasteiger partial charge on any atom is 0.245 e. The van der Waals surface area contributed by atoms with Gasteiger partial charge in [-0.15, -0.1) is 0 Å². The van der Waals surface area contributed by atoms with Gasteiger partial charge in [0, 0.05) is 37.2 Å². The van der Waals surface area contributed by atoms with Crippen LogP contribution in [0.25, 0.3) is 10.9 Å². The Morgan fingerprint density at radius 1 is 1.20 bits per heavy atom. The first kappa shape index (κ1) is 15.2. The third kappa shape index (κ3) is 2.39. The van der Waals surface area contributed by atoms with Crippen molar-refractivity contribution in [3.05, 3.63) is 35.0 Å². The Morgan fingerprint density at radius 2 is 1.80 bits per heavy atom. The largest absolute Gasteiger partial charge is 0.349 e. The Labute approximate surface area is 124 Å². The summed E-state index contributed by atoms with van der Waals surface area (Å²) < 4.78 is 28.9. The summed E-state index contributed by atoms with van der Waals surface area (Å²) in [5.41, 5.74) is 0.927. The maximum absolute atomic E-state index is 12.7. The fourth-order valence-corrected chi connectivity index (χ4v) is 4.43. The van der Waals surface area contributed by atoms with Crippen LogP contribution >= 0.6 is 12.2 Å². The van der Waals surface area contributed by atoms with Gasteiger partial charge < -0.3 is 4.57 Å². The lowest BCUT2D eigenvalue weighted by molar-refractivity contribution is 0.444. The van der Waals surface area contributed by atoms with Crippen LogP contribution in [0.4, 0.5) is 0 Å². The molecule has 0 amide bonds.